The number of rotatable bonds is 3. The van der Waals surface area contributed by atoms with Crippen LogP contribution in [0.15, 0.2) is 22.9 Å². The first-order chi connectivity index (χ1) is 8.46. The summed E-state index contributed by atoms with van der Waals surface area (Å²) >= 11 is 3.46. The van der Waals surface area contributed by atoms with Crippen molar-refractivity contribution in [1.29, 1.82) is 0 Å². The molecule has 1 heterocycles. The van der Waals surface area contributed by atoms with Crippen molar-refractivity contribution in [2.24, 2.45) is 17.1 Å². The fraction of sp³-hybridized carbons (Fsp3) is 0.667. The van der Waals surface area contributed by atoms with E-state index in [4.69, 9.17) is 5.73 Å². The van der Waals surface area contributed by atoms with Crippen molar-refractivity contribution in [3.05, 3.63) is 28.5 Å². The van der Waals surface area contributed by atoms with Crippen LogP contribution in [0.25, 0.3) is 0 Å². The maximum Gasteiger partial charge on any atom is 0.0410 e. The minimum atomic E-state index is 0.275. The highest BCUT2D eigenvalue weighted by Crippen LogP contribution is 2.39. The van der Waals surface area contributed by atoms with Gasteiger partial charge in [0.2, 0.25) is 0 Å². The second kappa shape index (κ2) is 5.70. The molecule has 1 aliphatic rings. The van der Waals surface area contributed by atoms with Crippen LogP contribution >= 0.6 is 15.9 Å². The van der Waals surface area contributed by atoms with Gasteiger partial charge in [0, 0.05) is 22.9 Å². The number of hydrogen-bond acceptors (Lipinski definition) is 2. The molecule has 1 aromatic heterocycles. The summed E-state index contributed by atoms with van der Waals surface area (Å²) in [5, 5.41) is 0. The molecule has 0 aromatic carbocycles. The highest BCUT2D eigenvalue weighted by Gasteiger charge is 2.29. The first-order valence-electron chi connectivity index (χ1n) is 6.81. The quantitative estimate of drug-likeness (QED) is 0.918. The second-order valence-corrected chi connectivity index (χ2v) is 7.30. The van der Waals surface area contributed by atoms with Gasteiger partial charge >= 0.3 is 0 Å². The van der Waals surface area contributed by atoms with Crippen molar-refractivity contribution < 1.29 is 0 Å². The van der Waals surface area contributed by atoms with Crippen molar-refractivity contribution in [3.63, 3.8) is 0 Å². The van der Waals surface area contributed by atoms with Crippen LogP contribution in [0.2, 0.25) is 0 Å². The molecule has 18 heavy (non-hydrogen) atoms. The zero-order valence-corrected chi connectivity index (χ0v) is 12.9. The molecule has 0 amide bonds. The van der Waals surface area contributed by atoms with E-state index < -0.39 is 0 Å². The van der Waals surface area contributed by atoms with Gasteiger partial charge in [0.15, 0.2) is 0 Å². The van der Waals surface area contributed by atoms with Crippen LogP contribution in [0.1, 0.15) is 45.1 Å². The lowest BCUT2D eigenvalue weighted by Crippen LogP contribution is -2.36. The zero-order chi connectivity index (χ0) is 13.2. The average Bonchev–Trinajstić information content (AvgIpc) is 2.28. The summed E-state index contributed by atoms with van der Waals surface area (Å²) < 4.78 is 1.04. The van der Waals surface area contributed by atoms with Gasteiger partial charge in [-0.05, 0) is 71.0 Å². The molecule has 0 aliphatic heterocycles. The number of nitrogens with zero attached hydrogens (tertiary/aromatic N) is 1. The van der Waals surface area contributed by atoms with Gasteiger partial charge in [0.1, 0.15) is 0 Å². The van der Waals surface area contributed by atoms with E-state index in [-0.39, 0.29) is 6.04 Å². The van der Waals surface area contributed by atoms with Gasteiger partial charge in [0.25, 0.3) is 0 Å². The predicted octanol–water partition coefficient (Wildman–Crippen LogP) is 3.93. The smallest absolute Gasteiger partial charge is 0.0410 e. The first-order valence-corrected chi connectivity index (χ1v) is 7.61. The Balaban J connectivity index is 1.91. The van der Waals surface area contributed by atoms with E-state index in [0.29, 0.717) is 11.3 Å². The summed E-state index contributed by atoms with van der Waals surface area (Å²) in [6.07, 6.45) is 9.85. The van der Waals surface area contributed by atoms with Crippen LogP contribution in [0.5, 0.6) is 0 Å². The van der Waals surface area contributed by atoms with Gasteiger partial charge < -0.3 is 5.73 Å². The highest BCUT2D eigenvalue weighted by atomic mass is 79.9. The van der Waals surface area contributed by atoms with Crippen molar-refractivity contribution in [1.82, 2.24) is 4.98 Å². The van der Waals surface area contributed by atoms with E-state index in [2.05, 4.69) is 40.8 Å². The zero-order valence-electron chi connectivity index (χ0n) is 11.3. The molecule has 1 fully saturated rings. The topological polar surface area (TPSA) is 38.9 Å². The van der Waals surface area contributed by atoms with Gasteiger partial charge in [-0.2, -0.15) is 0 Å². The third-order valence-corrected chi connectivity index (χ3v) is 4.66. The molecule has 1 atom stereocenters. The van der Waals surface area contributed by atoms with E-state index in [1.54, 1.807) is 0 Å². The maximum absolute atomic E-state index is 6.38. The molecule has 0 radical (unpaired) electrons. The lowest BCUT2D eigenvalue weighted by molar-refractivity contribution is 0.173. The van der Waals surface area contributed by atoms with Gasteiger partial charge in [-0.1, -0.05) is 13.8 Å². The standard InChI is InChI=1S/C15H23BrN2/c1-15(2)5-3-12(4-6-15)14(17)8-11-7-13(16)10-18-9-11/h7,9-10,12,14H,3-6,8,17H2,1-2H3. The van der Waals surface area contributed by atoms with Crippen molar-refractivity contribution in [2.75, 3.05) is 0 Å². The van der Waals surface area contributed by atoms with Gasteiger partial charge in [-0.15, -0.1) is 0 Å². The second-order valence-electron chi connectivity index (χ2n) is 6.38. The van der Waals surface area contributed by atoms with Crippen molar-refractivity contribution in [3.8, 4) is 0 Å². The normalized spacial score (nSPS) is 21.8. The van der Waals surface area contributed by atoms with Gasteiger partial charge in [-0.25, -0.2) is 0 Å². The van der Waals surface area contributed by atoms with Crippen LogP contribution in [-0.2, 0) is 6.42 Å². The molecule has 1 aliphatic carbocycles. The Morgan fingerprint density at radius 2 is 2.06 bits per heavy atom. The number of aromatic nitrogens is 1. The summed E-state index contributed by atoms with van der Waals surface area (Å²) in [4.78, 5) is 4.20. The summed E-state index contributed by atoms with van der Waals surface area (Å²) in [7, 11) is 0. The number of hydrogen-bond donors (Lipinski definition) is 1. The monoisotopic (exact) mass is 310 g/mol. The Kier molecular flexibility index (Phi) is 4.44. The van der Waals surface area contributed by atoms with Crippen LogP contribution in [0.3, 0.4) is 0 Å². The van der Waals surface area contributed by atoms with E-state index >= 15 is 0 Å². The molecular formula is C15H23BrN2. The molecular weight excluding hydrogens is 288 g/mol. The lowest BCUT2D eigenvalue weighted by Gasteiger charge is -2.36. The molecule has 1 unspecified atom stereocenters. The fourth-order valence-corrected chi connectivity index (χ4v) is 3.27. The van der Waals surface area contributed by atoms with Gasteiger partial charge in [0.05, 0.1) is 0 Å². The Labute approximate surface area is 119 Å². The molecule has 2 N–H and O–H groups in total. The third-order valence-electron chi connectivity index (χ3n) is 4.22. The van der Waals surface area contributed by atoms with Crippen molar-refractivity contribution in [2.45, 2.75) is 52.0 Å². The minimum Gasteiger partial charge on any atom is -0.327 e. The summed E-state index contributed by atoms with van der Waals surface area (Å²) in [5.74, 6) is 0.678. The summed E-state index contributed by atoms with van der Waals surface area (Å²) in [6, 6.07) is 2.40. The predicted molar refractivity (Wildman–Crippen MR) is 79.4 cm³/mol. The first kappa shape index (κ1) is 14.0. The van der Waals surface area contributed by atoms with Crippen LogP contribution in [0, 0.1) is 11.3 Å². The van der Waals surface area contributed by atoms with E-state index in [0.717, 1.165) is 10.9 Å². The molecule has 3 heteroatoms. The van der Waals surface area contributed by atoms with Crippen molar-refractivity contribution >= 4 is 15.9 Å². The largest absolute Gasteiger partial charge is 0.327 e. The van der Waals surface area contributed by atoms with Crippen LogP contribution in [0.4, 0.5) is 0 Å². The Morgan fingerprint density at radius 1 is 1.39 bits per heavy atom. The molecule has 2 nitrogen and oxygen atoms in total. The Morgan fingerprint density at radius 3 is 2.67 bits per heavy atom. The summed E-state index contributed by atoms with van der Waals surface area (Å²) in [6.45, 7) is 4.74. The van der Waals surface area contributed by atoms with E-state index in [1.807, 2.05) is 12.4 Å². The molecule has 0 spiro atoms. The fourth-order valence-electron chi connectivity index (χ4n) is 2.86. The molecule has 0 bridgehead atoms. The molecule has 100 valence electrons. The lowest BCUT2D eigenvalue weighted by atomic mass is 9.70. The minimum absolute atomic E-state index is 0.275. The number of halogens is 1. The maximum atomic E-state index is 6.38. The molecule has 1 aromatic rings. The molecule has 1 saturated carbocycles. The van der Waals surface area contributed by atoms with E-state index in [1.165, 1.54) is 31.2 Å². The highest BCUT2D eigenvalue weighted by molar-refractivity contribution is 9.10. The van der Waals surface area contributed by atoms with Gasteiger partial charge in [-0.3, -0.25) is 4.98 Å². The Hall–Kier alpha value is -0.410. The molecule has 2 rings (SSSR count). The summed E-state index contributed by atoms with van der Waals surface area (Å²) in [5.41, 5.74) is 8.14. The van der Waals surface area contributed by atoms with Crippen LogP contribution in [-0.4, -0.2) is 11.0 Å². The number of pyridine rings is 1. The Bertz CT molecular complexity index is 393. The molecule has 0 saturated heterocycles. The third kappa shape index (κ3) is 3.79. The SMILES string of the molecule is CC1(C)CCC(C(N)Cc2cncc(Br)c2)CC1. The average molecular weight is 311 g/mol. The van der Waals surface area contributed by atoms with E-state index in [9.17, 15) is 0 Å². The number of nitrogens with two attached hydrogens (primary N) is 1. The van der Waals surface area contributed by atoms with Crippen LogP contribution < -0.4 is 5.73 Å².